The van der Waals surface area contributed by atoms with Crippen molar-refractivity contribution >= 4 is 23.1 Å². The molecule has 1 saturated heterocycles. The molecule has 0 bridgehead atoms. The van der Waals surface area contributed by atoms with Gasteiger partial charge in [0.1, 0.15) is 5.82 Å². The fourth-order valence-electron chi connectivity index (χ4n) is 5.26. The van der Waals surface area contributed by atoms with Gasteiger partial charge in [0.05, 0.1) is 17.0 Å². The Balaban J connectivity index is 1.20. The Labute approximate surface area is 246 Å². The van der Waals surface area contributed by atoms with Crippen LogP contribution in [0, 0.1) is 0 Å². The van der Waals surface area contributed by atoms with Crippen LogP contribution < -0.4 is 10.6 Å². The zero-order valence-corrected chi connectivity index (χ0v) is 23.3. The van der Waals surface area contributed by atoms with Gasteiger partial charge in [0.2, 0.25) is 0 Å². The molecule has 1 fully saturated rings. The number of anilines is 2. The standard InChI is InChI=1S/C32H30F3N7O/c33-32(34,35)25-8-4-7-24(18-25)31(43)39-26-9-5-6-23(19-26)28-11-13-38-30-21-27(40-42(28)30)22-10-12-36-29(20-22)37-14-17-41-15-2-1-3-16-41/h4-13,18-21H,1-3,14-17H2,(H,36,37)(H,39,43). The van der Waals surface area contributed by atoms with Crippen LogP contribution in [0.2, 0.25) is 0 Å². The summed E-state index contributed by atoms with van der Waals surface area (Å²) in [5, 5.41) is 10.9. The second kappa shape index (κ2) is 12.2. The van der Waals surface area contributed by atoms with E-state index in [0.717, 1.165) is 66.6 Å². The number of piperidine rings is 1. The number of hydrogen-bond donors (Lipinski definition) is 2. The molecule has 5 aromatic rings. The average Bonchev–Trinajstić information content (AvgIpc) is 3.46. The van der Waals surface area contributed by atoms with Crippen LogP contribution in [0.15, 0.2) is 85.2 Å². The van der Waals surface area contributed by atoms with E-state index in [0.29, 0.717) is 11.3 Å². The van der Waals surface area contributed by atoms with Crippen LogP contribution in [0.5, 0.6) is 0 Å². The first-order chi connectivity index (χ1) is 20.8. The van der Waals surface area contributed by atoms with Crippen molar-refractivity contribution in [3.05, 3.63) is 96.3 Å². The van der Waals surface area contributed by atoms with Gasteiger partial charge in [-0.2, -0.15) is 18.3 Å². The van der Waals surface area contributed by atoms with Gasteiger partial charge < -0.3 is 15.5 Å². The smallest absolute Gasteiger partial charge is 0.369 e. The number of fused-ring (bicyclic) bond motifs is 1. The molecule has 2 aromatic carbocycles. The quantitative estimate of drug-likeness (QED) is 0.213. The molecule has 3 aromatic heterocycles. The predicted molar refractivity (Wildman–Crippen MR) is 160 cm³/mol. The number of carbonyl (C=O) groups excluding carboxylic acids is 1. The maximum absolute atomic E-state index is 13.1. The highest BCUT2D eigenvalue weighted by molar-refractivity contribution is 6.04. The second-order valence-corrected chi connectivity index (χ2v) is 10.5. The zero-order valence-electron chi connectivity index (χ0n) is 23.3. The lowest BCUT2D eigenvalue weighted by Gasteiger charge is -2.26. The Kier molecular flexibility index (Phi) is 8.06. The van der Waals surface area contributed by atoms with Crippen LogP contribution in [-0.4, -0.2) is 56.6 Å². The normalized spacial score (nSPS) is 14.1. The van der Waals surface area contributed by atoms with Crippen molar-refractivity contribution in [2.75, 3.05) is 36.8 Å². The molecular weight excluding hydrogens is 555 g/mol. The Morgan fingerprint density at radius 3 is 2.51 bits per heavy atom. The van der Waals surface area contributed by atoms with Gasteiger partial charge >= 0.3 is 6.18 Å². The van der Waals surface area contributed by atoms with Crippen LogP contribution in [0.3, 0.4) is 0 Å². The van der Waals surface area contributed by atoms with E-state index in [1.54, 1.807) is 35.1 Å². The third kappa shape index (κ3) is 6.67. The van der Waals surface area contributed by atoms with Gasteiger partial charge in [-0.25, -0.2) is 14.5 Å². The van der Waals surface area contributed by atoms with E-state index in [4.69, 9.17) is 5.10 Å². The fraction of sp³-hybridized carbons (Fsp3) is 0.250. The van der Waals surface area contributed by atoms with E-state index in [1.165, 1.54) is 31.4 Å². The van der Waals surface area contributed by atoms with E-state index in [1.807, 2.05) is 30.3 Å². The van der Waals surface area contributed by atoms with E-state index in [2.05, 4.69) is 25.5 Å². The van der Waals surface area contributed by atoms with Crippen LogP contribution in [0.1, 0.15) is 35.2 Å². The number of alkyl halides is 3. The van der Waals surface area contributed by atoms with Gasteiger partial charge in [-0.15, -0.1) is 0 Å². The van der Waals surface area contributed by atoms with Crippen molar-refractivity contribution in [1.82, 2.24) is 24.5 Å². The van der Waals surface area contributed by atoms with Gasteiger partial charge in [-0.05, 0) is 74.5 Å². The number of hydrogen-bond acceptors (Lipinski definition) is 6. The Morgan fingerprint density at radius 2 is 1.67 bits per heavy atom. The number of halogens is 3. The first-order valence-electron chi connectivity index (χ1n) is 14.2. The first kappa shape index (κ1) is 28.4. The van der Waals surface area contributed by atoms with Crippen LogP contribution >= 0.6 is 0 Å². The molecule has 2 N–H and O–H groups in total. The molecule has 0 spiro atoms. The molecule has 43 heavy (non-hydrogen) atoms. The highest BCUT2D eigenvalue weighted by Gasteiger charge is 2.31. The Morgan fingerprint density at radius 1 is 0.860 bits per heavy atom. The molecule has 0 atom stereocenters. The second-order valence-electron chi connectivity index (χ2n) is 10.5. The van der Waals surface area contributed by atoms with Crippen LogP contribution in [0.25, 0.3) is 28.2 Å². The summed E-state index contributed by atoms with van der Waals surface area (Å²) in [6.45, 7) is 4.09. The van der Waals surface area contributed by atoms with E-state index < -0.39 is 17.6 Å². The number of aromatic nitrogens is 4. The molecule has 0 aliphatic carbocycles. The molecular formula is C32H30F3N7O. The lowest BCUT2D eigenvalue weighted by Crippen LogP contribution is -2.33. The number of likely N-dealkylation sites (tertiary alicyclic amines) is 1. The third-order valence-electron chi connectivity index (χ3n) is 7.46. The summed E-state index contributed by atoms with van der Waals surface area (Å²) < 4.78 is 41.1. The zero-order chi connectivity index (χ0) is 29.8. The molecule has 8 nitrogen and oxygen atoms in total. The largest absolute Gasteiger partial charge is 0.416 e. The summed E-state index contributed by atoms with van der Waals surface area (Å²) in [5.41, 5.74) is 3.23. The van der Waals surface area contributed by atoms with Crippen molar-refractivity contribution in [3.8, 4) is 22.5 Å². The topological polar surface area (TPSA) is 87.4 Å². The maximum atomic E-state index is 13.1. The molecule has 0 radical (unpaired) electrons. The molecule has 1 aliphatic rings. The summed E-state index contributed by atoms with van der Waals surface area (Å²) in [4.78, 5) is 24.2. The summed E-state index contributed by atoms with van der Waals surface area (Å²) in [6, 6.07) is 19.0. The highest BCUT2D eigenvalue weighted by Crippen LogP contribution is 2.30. The lowest BCUT2D eigenvalue weighted by atomic mass is 10.1. The van der Waals surface area contributed by atoms with Crippen molar-refractivity contribution in [2.45, 2.75) is 25.4 Å². The van der Waals surface area contributed by atoms with Crippen LogP contribution in [-0.2, 0) is 6.18 Å². The summed E-state index contributed by atoms with van der Waals surface area (Å²) in [7, 11) is 0. The number of benzene rings is 2. The molecule has 0 saturated carbocycles. The van der Waals surface area contributed by atoms with Gasteiger partial charge in [0, 0.05) is 53.9 Å². The van der Waals surface area contributed by atoms with E-state index in [-0.39, 0.29) is 5.56 Å². The Bertz CT molecular complexity index is 1740. The fourth-order valence-corrected chi connectivity index (χ4v) is 5.26. The number of carbonyl (C=O) groups is 1. The number of pyridine rings is 1. The molecule has 6 rings (SSSR count). The van der Waals surface area contributed by atoms with Crippen LogP contribution in [0.4, 0.5) is 24.7 Å². The maximum Gasteiger partial charge on any atom is 0.416 e. The van der Waals surface area contributed by atoms with Crippen molar-refractivity contribution < 1.29 is 18.0 Å². The van der Waals surface area contributed by atoms with Gasteiger partial charge in [-0.1, -0.05) is 24.6 Å². The molecule has 4 heterocycles. The monoisotopic (exact) mass is 585 g/mol. The van der Waals surface area contributed by atoms with Crippen molar-refractivity contribution in [1.29, 1.82) is 0 Å². The molecule has 0 unspecified atom stereocenters. The minimum Gasteiger partial charge on any atom is -0.369 e. The number of rotatable bonds is 8. The van der Waals surface area contributed by atoms with Crippen molar-refractivity contribution in [2.24, 2.45) is 0 Å². The molecule has 11 heteroatoms. The summed E-state index contributed by atoms with van der Waals surface area (Å²) in [5.74, 6) is 0.145. The highest BCUT2D eigenvalue weighted by atomic mass is 19.4. The minimum atomic E-state index is -4.53. The third-order valence-corrected chi connectivity index (χ3v) is 7.46. The molecule has 220 valence electrons. The first-order valence-corrected chi connectivity index (χ1v) is 14.2. The van der Waals surface area contributed by atoms with Gasteiger partial charge in [0.15, 0.2) is 5.65 Å². The average molecular weight is 586 g/mol. The molecule has 1 aliphatic heterocycles. The number of amides is 1. The van der Waals surface area contributed by atoms with E-state index >= 15 is 0 Å². The number of nitrogens with one attached hydrogen (secondary N) is 2. The number of nitrogens with zero attached hydrogens (tertiary/aromatic N) is 5. The van der Waals surface area contributed by atoms with Gasteiger partial charge in [-0.3, -0.25) is 4.79 Å². The van der Waals surface area contributed by atoms with Crippen molar-refractivity contribution in [3.63, 3.8) is 0 Å². The van der Waals surface area contributed by atoms with Gasteiger partial charge in [0.25, 0.3) is 5.91 Å². The predicted octanol–water partition coefficient (Wildman–Crippen LogP) is 6.63. The minimum absolute atomic E-state index is 0.0825. The summed E-state index contributed by atoms with van der Waals surface area (Å²) in [6.07, 6.45) is 2.74. The van der Waals surface area contributed by atoms with E-state index in [9.17, 15) is 18.0 Å². The molecule has 1 amide bonds. The lowest BCUT2D eigenvalue weighted by molar-refractivity contribution is -0.137. The SMILES string of the molecule is O=C(Nc1cccc(-c2ccnc3cc(-c4ccnc(NCCN5CCCCC5)c4)nn23)c1)c1cccc(C(F)(F)F)c1. The summed E-state index contributed by atoms with van der Waals surface area (Å²) >= 11 is 0. The Hall–Kier alpha value is -4.77.